The highest BCUT2D eigenvalue weighted by Gasteiger charge is 2.47. The van der Waals surface area contributed by atoms with Crippen LogP contribution in [0, 0.1) is 6.92 Å². The third-order valence-electron chi connectivity index (χ3n) is 3.69. The lowest BCUT2D eigenvalue weighted by Gasteiger charge is -2.32. The number of hydrogen-bond acceptors (Lipinski definition) is 8. The van der Waals surface area contributed by atoms with Gasteiger partial charge < -0.3 is 18.9 Å². The molecule has 0 unspecified atom stereocenters. The third kappa shape index (κ3) is 3.81. The highest BCUT2D eigenvalue weighted by atomic mass is 16.7. The van der Waals surface area contributed by atoms with E-state index in [2.05, 4.69) is 16.5 Å². The molecule has 3 rings (SSSR count). The first-order valence-corrected chi connectivity index (χ1v) is 7.48. The van der Waals surface area contributed by atoms with Crippen LogP contribution in [0.15, 0.2) is 18.3 Å². The van der Waals surface area contributed by atoms with Gasteiger partial charge >= 0.3 is 17.9 Å². The second-order valence-electron chi connectivity index (χ2n) is 5.42. The van der Waals surface area contributed by atoms with Crippen LogP contribution in [-0.4, -0.2) is 41.9 Å². The number of rotatable bonds is 2. The molecule has 1 saturated heterocycles. The van der Waals surface area contributed by atoms with Crippen molar-refractivity contribution in [2.24, 2.45) is 0 Å². The van der Waals surface area contributed by atoms with Crippen LogP contribution in [0.1, 0.15) is 31.2 Å². The quantitative estimate of drug-likeness (QED) is 0.457. The second-order valence-corrected chi connectivity index (χ2v) is 5.42. The van der Waals surface area contributed by atoms with E-state index < -0.39 is 17.7 Å². The van der Waals surface area contributed by atoms with Gasteiger partial charge in [0.15, 0.2) is 0 Å². The van der Waals surface area contributed by atoms with Crippen molar-refractivity contribution >= 4 is 11.9 Å². The molecule has 1 spiro atoms. The molecular formula is C16H20N2O6. The Hall–Kier alpha value is -2.64. The van der Waals surface area contributed by atoms with Gasteiger partial charge in [-0.1, -0.05) is 6.58 Å². The molecule has 0 aromatic carbocycles. The van der Waals surface area contributed by atoms with Crippen molar-refractivity contribution in [3.05, 3.63) is 23.9 Å². The first-order chi connectivity index (χ1) is 11.4. The lowest BCUT2D eigenvalue weighted by Crippen LogP contribution is -2.44. The van der Waals surface area contributed by atoms with Gasteiger partial charge in [0.1, 0.15) is 5.57 Å². The summed E-state index contributed by atoms with van der Waals surface area (Å²) < 4.78 is 19.8. The molecule has 0 amide bonds. The van der Waals surface area contributed by atoms with E-state index in [1.165, 1.54) is 7.11 Å². The monoisotopic (exact) mass is 336 g/mol. The summed E-state index contributed by atoms with van der Waals surface area (Å²) in [6.07, 6.45) is 4.72. The molecule has 1 aromatic heterocycles. The lowest BCUT2D eigenvalue weighted by molar-refractivity contribution is -0.232. The van der Waals surface area contributed by atoms with E-state index >= 15 is 0 Å². The lowest BCUT2D eigenvalue weighted by atomic mass is 10.2. The van der Waals surface area contributed by atoms with E-state index in [-0.39, 0.29) is 5.57 Å². The van der Waals surface area contributed by atoms with Crippen molar-refractivity contribution in [1.29, 1.82) is 0 Å². The molecule has 0 bridgehead atoms. The number of ether oxygens (including phenoxy) is 4. The number of aryl methyl sites for hydroxylation is 1. The summed E-state index contributed by atoms with van der Waals surface area (Å²) in [6, 6.07) is 0.326. The topological polar surface area (TPSA) is 96.8 Å². The zero-order valence-corrected chi connectivity index (χ0v) is 14.0. The van der Waals surface area contributed by atoms with E-state index in [1.807, 2.05) is 6.92 Å². The highest BCUT2D eigenvalue weighted by Crippen LogP contribution is 2.37. The van der Waals surface area contributed by atoms with Gasteiger partial charge in [0.25, 0.3) is 5.79 Å². The molecule has 1 aromatic rings. The molecule has 1 aliphatic heterocycles. The predicted molar refractivity (Wildman–Crippen MR) is 82.4 cm³/mol. The van der Waals surface area contributed by atoms with Crippen molar-refractivity contribution in [3.63, 3.8) is 0 Å². The van der Waals surface area contributed by atoms with Crippen molar-refractivity contribution in [1.82, 2.24) is 9.97 Å². The molecule has 24 heavy (non-hydrogen) atoms. The predicted octanol–water partition coefficient (Wildman–Crippen LogP) is 1.72. The van der Waals surface area contributed by atoms with Crippen LogP contribution in [0.4, 0.5) is 0 Å². The fourth-order valence-electron chi connectivity index (χ4n) is 2.40. The van der Waals surface area contributed by atoms with E-state index in [4.69, 9.17) is 18.9 Å². The molecule has 0 radical (unpaired) electrons. The number of carbonyl (C=O) groups is 2. The fraction of sp³-hybridized carbons (Fsp3) is 0.500. The van der Waals surface area contributed by atoms with Gasteiger partial charge in [0.05, 0.1) is 14.2 Å². The Balaban J connectivity index is 0.000000177. The molecular weight excluding hydrogens is 316 g/mol. The molecule has 0 N–H and O–H groups in total. The largest absolute Gasteiger partial charge is 0.481 e. The van der Waals surface area contributed by atoms with Gasteiger partial charge in [-0.25, -0.2) is 14.6 Å². The summed E-state index contributed by atoms with van der Waals surface area (Å²) in [5.41, 5.74) is 0.686. The Morgan fingerprint density at radius 2 is 1.71 bits per heavy atom. The third-order valence-corrected chi connectivity index (χ3v) is 3.69. The van der Waals surface area contributed by atoms with Crippen LogP contribution >= 0.6 is 0 Å². The van der Waals surface area contributed by atoms with Crippen LogP contribution in [0.3, 0.4) is 0 Å². The number of nitrogens with zero attached hydrogens (tertiary/aromatic N) is 2. The number of esters is 2. The number of hydrogen-bond donors (Lipinski definition) is 0. The minimum Gasteiger partial charge on any atom is -0.481 e. The van der Waals surface area contributed by atoms with Gasteiger partial charge in [0.2, 0.25) is 5.88 Å². The maximum absolute atomic E-state index is 11.1. The molecule has 1 aliphatic carbocycles. The summed E-state index contributed by atoms with van der Waals surface area (Å²) in [5.74, 6) is -1.69. The standard InChI is InChI=1S/C9H10O4.C7H10N2O2/c1-6-7(10)12-9(13-8(6)11)4-2-3-5-9;1-5-4-8-7(11-3)9-6(5)10-2/h1-5H2;4H,1-3H3. The van der Waals surface area contributed by atoms with E-state index in [9.17, 15) is 9.59 Å². The number of methoxy groups -OCH3 is 2. The highest BCUT2D eigenvalue weighted by molar-refractivity contribution is 6.14. The van der Waals surface area contributed by atoms with Gasteiger partial charge in [-0.3, -0.25) is 0 Å². The minimum atomic E-state index is -0.963. The van der Waals surface area contributed by atoms with Crippen molar-refractivity contribution in [3.8, 4) is 11.9 Å². The van der Waals surface area contributed by atoms with Gasteiger partial charge in [-0.15, -0.1) is 0 Å². The fourth-order valence-corrected chi connectivity index (χ4v) is 2.40. The number of carbonyl (C=O) groups excluding carboxylic acids is 2. The van der Waals surface area contributed by atoms with Crippen LogP contribution in [0.25, 0.3) is 0 Å². The molecule has 8 nitrogen and oxygen atoms in total. The number of aromatic nitrogens is 2. The zero-order valence-electron chi connectivity index (χ0n) is 14.0. The van der Waals surface area contributed by atoms with Gasteiger partial charge in [-0.05, 0) is 19.8 Å². The molecule has 2 aliphatic rings. The first-order valence-electron chi connectivity index (χ1n) is 7.48. The molecule has 1 saturated carbocycles. The summed E-state index contributed by atoms with van der Waals surface area (Å²) in [6.45, 7) is 5.15. The maximum atomic E-state index is 11.1. The average molecular weight is 336 g/mol. The average Bonchev–Trinajstić information content (AvgIpc) is 3.01. The van der Waals surface area contributed by atoms with Crippen molar-refractivity contribution in [2.45, 2.75) is 38.4 Å². The molecule has 2 heterocycles. The van der Waals surface area contributed by atoms with E-state index in [1.54, 1.807) is 13.3 Å². The van der Waals surface area contributed by atoms with Gasteiger partial charge in [-0.2, -0.15) is 4.98 Å². The van der Waals surface area contributed by atoms with Crippen LogP contribution < -0.4 is 9.47 Å². The van der Waals surface area contributed by atoms with E-state index in [0.29, 0.717) is 24.7 Å². The van der Waals surface area contributed by atoms with Crippen LogP contribution in [-0.2, 0) is 19.1 Å². The Labute approximate surface area is 139 Å². The van der Waals surface area contributed by atoms with Crippen LogP contribution in [0.2, 0.25) is 0 Å². The Bertz CT molecular complexity index is 630. The minimum absolute atomic E-state index is 0.211. The first kappa shape index (κ1) is 17.7. The second kappa shape index (κ2) is 7.29. The summed E-state index contributed by atoms with van der Waals surface area (Å²) in [7, 11) is 3.08. The zero-order chi connectivity index (χ0) is 17.7. The van der Waals surface area contributed by atoms with Crippen molar-refractivity contribution in [2.75, 3.05) is 14.2 Å². The van der Waals surface area contributed by atoms with Crippen molar-refractivity contribution < 1.29 is 28.5 Å². The maximum Gasteiger partial charge on any atom is 0.348 e. The van der Waals surface area contributed by atoms with Crippen LogP contribution in [0.5, 0.6) is 11.9 Å². The molecule has 2 fully saturated rings. The Morgan fingerprint density at radius 3 is 2.21 bits per heavy atom. The smallest absolute Gasteiger partial charge is 0.348 e. The summed E-state index contributed by atoms with van der Waals surface area (Å²) >= 11 is 0. The summed E-state index contributed by atoms with van der Waals surface area (Å²) in [4.78, 5) is 30.1. The SMILES string of the molecule is C=C1C(=O)OC2(CCCC2)OC1=O.COc1ncc(C)c(OC)n1. The molecule has 8 heteroatoms. The van der Waals surface area contributed by atoms with E-state index in [0.717, 1.165) is 18.4 Å². The molecule has 0 atom stereocenters. The Morgan fingerprint density at radius 1 is 1.12 bits per heavy atom. The normalized spacial score (nSPS) is 18.4. The Kier molecular flexibility index (Phi) is 5.38. The van der Waals surface area contributed by atoms with Gasteiger partial charge in [0, 0.05) is 24.6 Å². The summed E-state index contributed by atoms with van der Waals surface area (Å²) in [5, 5.41) is 0. The molecule has 130 valence electrons.